The van der Waals surface area contributed by atoms with Crippen LogP contribution in [-0.4, -0.2) is 26.8 Å². The van der Waals surface area contributed by atoms with Gasteiger partial charge >= 0.3 is 0 Å². The van der Waals surface area contributed by atoms with Gasteiger partial charge in [-0.2, -0.15) is 0 Å². The molecule has 3 rings (SSSR count). The molecule has 0 radical (unpaired) electrons. The predicted octanol–water partition coefficient (Wildman–Crippen LogP) is 3.45. The molecule has 1 aliphatic heterocycles. The summed E-state index contributed by atoms with van der Waals surface area (Å²) in [6.45, 7) is 9.65. The van der Waals surface area contributed by atoms with Crippen LogP contribution in [0.25, 0.3) is 0 Å². The predicted molar refractivity (Wildman–Crippen MR) is 96.3 cm³/mol. The molecule has 0 amide bonds. The van der Waals surface area contributed by atoms with Crippen molar-refractivity contribution >= 4 is 15.9 Å². The maximum absolute atomic E-state index is 5.62. The number of benzene rings is 1. The zero-order valence-corrected chi connectivity index (χ0v) is 16.5. The van der Waals surface area contributed by atoms with E-state index in [4.69, 9.17) is 9.47 Å². The molecule has 1 unspecified atom stereocenters. The number of hydrogen-bond acceptors (Lipinski definition) is 2. The minimum absolute atomic E-state index is 0.476. The molecule has 0 aromatic heterocycles. The first kappa shape index (κ1) is 17.1. The number of nitrogens with one attached hydrogen (secondary N) is 1. The molecule has 3 nitrogen and oxygen atoms in total. The maximum atomic E-state index is 5.62. The lowest BCUT2D eigenvalue weighted by Crippen LogP contribution is -3.12. The van der Waals surface area contributed by atoms with Gasteiger partial charge in [-0.05, 0) is 33.8 Å². The lowest BCUT2D eigenvalue weighted by molar-refractivity contribution is -0.928. The molecule has 23 heavy (non-hydrogen) atoms. The second-order valence-corrected chi connectivity index (χ2v) is 9.42. The molecule has 1 saturated heterocycles. The van der Waals surface area contributed by atoms with Gasteiger partial charge in [0.15, 0.2) is 0 Å². The molecule has 1 aromatic carbocycles. The summed E-state index contributed by atoms with van der Waals surface area (Å²) in [5, 5.41) is 0. The van der Waals surface area contributed by atoms with Crippen LogP contribution in [0, 0.1) is 10.8 Å². The molecule has 1 N–H and O–H groups in total. The van der Waals surface area contributed by atoms with Gasteiger partial charge in [-0.15, -0.1) is 0 Å². The molecule has 1 aliphatic carbocycles. The molecule has 0 spiro atoms. The van der Waals surface area contributed by atoms with E-state index in [1.165, 1.54) is 31.4 Å². The third-order valence-electron chi connectivity index (χ3n) is 5.65. The number of quaternary nitrogens is 1. The number of fused-ring (bicyclic) bond motifs is 2. The van der Waals surface area contributed by atoms with Gasteiger partial charge in [0.05, 0.1) is 31.3 Å². The Morgan fingerprint density at radius 2 is 1.83 bits per heavy atom. The first-order valence-electron chi connectivity index (χ1n) is 8.50. The van der Waals surface area contributed by atoms with Crippen LogP contribution in [0.3, 0.4) is 0 Å². The molecular formula is C19H29BrNO2+. The smallest absolute Gasteiger partial charge is 0.136 e. The summed E-state index contributed by atoms with van der Waals surface area (Å²) in [7, 11) is 3.44. The monoisotopic (exact) mass is 382 g/mol. The zero-order valence-electron chi connectivity index (χ0n) is 15.0. The van der Waals surface area contributed by atoms with Crippen molar-refractivity contribution in [2.75, 3.05) is 20.8 Å². The molecule has 2 fully saturated rings. The Hall–Kier alpha value is -0.740. The molecule has 128 valence electrons. The van der Waals surface area contributed by atoms with E-state index in [1.807, 2.05) is 6.07 Å². The van der Waals surface area contributed by atoms with Gasteiger partial charge in [0.1, 0.15) is 18.0 Å². The van der Waals surface area contributed by atoms with Crippen LogP contribution >= 0.6 is 15.9 Å². The Kier molecular flexibility index (Phi) is 4.43. The van der Waals surface area contributed by atoms with Gasteiger partial charge in [-0.3, -0.25) is 0 Å². The molecule has 1 aromatic rings. The maximum Gasteiger partial charge on any atom is 0.136 e. The van der Waals surface area contributed by atoms with Crippen molar-refractivity contribution in [1.29, 1.82) is 0 Å². The first-order chi connectivity index (χ1) is 10.8. The number of halogens is 1. The number of methoxy groups -OCH3 is 2. The normalized spacial score (nSPS) is 31.9. The van der Waals surface area contributed by atoms with E-state index in [-0.39, 0.29) is 0 Å². The molecule has 2 aliphatic rings. The second kappa shape index (κ2) is 5.96. The van der Waals surface area contributed by atoms with E-state index in [2.05, 4.69) is 42.8 Å². The first-order valence-corrected chi connectivity index (χ1v) is 9.30. The third-order valence-corrected chi connectivity index (χ3v) is 6.27. The fourth-order valence-electron chi connectivity index (χ4n) is 5.26. The van der Waals surface area contributed by atoms with Crippen molar-refractivity contribution in [2.45, 2.75) is 52.6 Å². The summed E-state index contributed by atoms with van der Waals surface area (Å²) in [6.07, 6.45) is 4.05. The van der Waals surface area contributed by atoms with E-state index in [9.17, 15) is 0 Å². The van der Waals surface area contributed by atoms with Crippen molar-refractivity contribution in [2.24, 2.45) is 10.8 Å². The average molecular weight is 383 g/mol. The Balaban J connectivity index is 1.84. The topological polar surface area (TPSA) is 22.9 Å². The van der Waals surface area contributed by atoms with Crippen LogP contribution in [0.2, 0.25) is 0 Å². The van der Waals surface area contributed by atoms with Crippen LogP contribution in [0.4, 0.5) is 0 Å². The molecule has 1 heterocycles. The summed E-state index contributed by atoms with van der Waals surface area (Å²) in [5.41, 5.74) is 2.24. The van der Waals surface area contributed by atoms with Gasteiger partial charge in [-0.25, -0.2) is 0 Å². The summed E-state index contributed by atoms with van der Waals surface area (Å²) < 4.78 is 12.0. The molecule has 3 atom stereocenters. The highest BCUT2D eigenvalue weighted by molar-refractivity contribution is 9.10. The van der Waals surface area contributed by atoms with Crippen LogP contribution in [0.5, 0.6) is 11.5 Å². The quantitative estimate of drug-likeness (QED) is 0.861. The minimum Gasteiger partial charge on any atom is -0.496 e. The van der Waals surface area contributed by atoms with Crippen molar-refractivity contribution in [3.63, 3.8) is 0 Å². The number of rotatable bonds is 4. The van der Waals surface area contributed by atoms with Crippen LogP contribution in [0.15, 0.2) is 16.6 Å². The fourth-order valence-corrected chi connectivity index (χ4v) is 5.81. The summed E-state index contributed by atoms with van der Waals surface area (Å²) in [6, 6.07) is 4.93. The molecular weight excluding hydrogens is 354 g/mol. The summed E-state index contributed by atoms with van der Waals surface area (Å²) in [4.78, 5) is 1.72. The molecule has 2 bridgehead atoms. The Labute approximate surface area is 148 Å². The number of likely N-dealkylation sites (tertiary alicyclic amines) is 1. The highest BCUT2D eigenvalue weighted by Crippen LogP contribution is 2.47. The van der Waals surface area contributed by atoms with Crippen LogP contribution < -0.4 is 14.4 Å². The van der Waals surface area contributed by atoms with Crippen LogP contribution in [0.1, 0.15) is 45.6 Å². The Morgan fingerprint density at radius 1 is 1.13 bits per heavy atom. The van der Waals surface area contributed by atoms with E-state index < -0.39 is 0 Å². The number of hydrogen-bond donors (Lipinski definition) is 1. The van der Waals surface area contributed by atoms with Crippen LogP contribution in [-0.2, 0) is 6.54 Å². The molecule has 1 saturated carbocycles. The van der Waals surface area contributed by atoms with Crippen molar-refractivity contribution < 1.29 is 14.4 Å². The minimum atomic E-state index is 0.476. The number of ether oxygens (including phenoxy) is 2. The SMILES string of the molecule is COc1cc(OC)c(C[NH+]2C[C@@]3(C)C[C@@H]2CC(C)(C)C3)cc1Br. The lowest BCUT2D eigenvalue weighted by atomic mass is 9.65. The van der Waals surface area contributed by atoms with Gasteiger partial charge < -0.3 is 14.4 Å². The highest BCUT2D eigenvalue weighted by atomic mass is 79.9. The van der Waals surface area contributed by atoms with Gasteiger partial charge in [-0.1, -0.05) is 20.8 Å². The summed E-state index contributed by atoms with van der Waals surface area (Å²) >= 11 is 3.62. The Morgan fingerprint density at radius 3 is 2.48 bits per heavy atom. The van der Waals surface area contributed by atoms with Gasteiger partial charge in [0, 0.05) is 29.9 Å². The van der Waals surface area contributed by atoms with E-state index in [1.54, 1.807) is 19.1 Å². The van der Waals surface area contributed by atoms with Crippen molar-refractivity contribution in [3.05, 3.63) is 22.2 Å². The fraction of sp³-hybridized carbons (Fsp3) is 0.684. The van der Waals surface area contributed by atoms with E-state index in [0.29, 0.717) is 10.8 Å². The van der Waals surface area contributed by atoms with Gasteiger partial charge in [0.2, 0.25) is 0 Å². The average Bonchev–Trinajstić information content (AvgIpc) is 2.67. The van der Waals surface area contributed by atoms with E-state index in [0.717, 1.165) is 28.6 Å². The lowest BCUT2D eigenvalue weighted by Gasteiger charge is -2.37. The van der Waals surface area contributed by atoms with Crippen molar-refractivity contribution in [1.82, 2.24) is 0 Å². The van der Waals surface area contributed by atoms with Crippen molar-refractivity contribution in [3.8, 4) is 11.5 Å². The highest BCUT2D eigenvalue weighted by Gasteiger charge is 2.52. The summed E-state index contributed by atoms with van der Waals surface area (Å²) in [5.74, 6) is 1.76. The Bertz CT molecular complexity index is 601. The third kappa shape index (κ3) is 3.39. The zero-order chi connectivity index (χ0) is 16.8. The van der Waals surface area contributed by atoms with E-state index >= 15 is 0 Å². The standard InChI is InChI=1S/C19H28BrNO2/c1-18(2)8-14-9-19(3,11-18)12-21(14)10-13-6-15(20)17(23-5)7-16(13)22-4/h6-7,14H,8-12H2,1-5H3/p+1/t14-,19-/m0/s1. The second-order valence-electron chi connectivity index (χ2n) is 8.57. The largest absolute Gasteiger partial charge is 0.496 e. The molecule has 4 heteroatoms. The van der Waals surface area contributed by atoms with Gasteiger partial charge in [0.25, 0.3) is 0 Å².